The van der Waals surface area contributed by atoms with Gasteiger partial charge in [0.05, 0.1) is 0 Å². The van der Waals surface area contributed by atoms with Crippen molar-refractivity contribution in [3.8, 4) is 0 Å². The molecule has 1 aliphatic rings. The molecule has 2 aromatic heterocycles. The number of benzene rings is 1. The number of aliphatic imine (C=N–C) groups is 1. The standard InChI is InChI=1S/C22H31N7.HI/c1-15-7-6-10-19-21(15)17(13-24-19)11-12-23-22(26-18-8-4-5-9-18)25-14-20-28-27-16(2)29(20)3;/h6-7,10,13,18,24H,4-5,8-9,11-12,14H2,1-3H3,(H2,23,25,26);1H. The molecule has 0 aliphatic heterocycles. The molecule has 0 saturated heterocycles. The molecule has 3 N–H and O–H groups in total. The quantitative estimate of drug-likeness (QED) is 0.262. The van der Waals surface area contributed by atoms with Crippen molar-refractivity contribution in [2.45, 2.75) is 58.5 Å². The maximum absolute atomic E-state index is 4.79. The fourth-order valence-electron chi connectivity index (χ4n) is 4.12. The number of hydrogen-bond acceptors (Lipinski definition) is 3. The van der Waals surface area contributed by atoms with Crippen LogP contribution in [0.15, 0.2) is 29.4 Å². The number of rotatable bonds is 6. The number of nitrogens with zero attached hydrogens (tertiary/aromatic N) is 4. The zero-order valence-corrected chi connectivity index (χ0v) is 20.4. The summed E-state index contributed by atoms with van der Waals surface area (Å²) < 4.78 is 1.99. The highest BCUT2D eigenvalue weighted by Crippen LogP contribution is 2.22. The summed E-state index contributed by atoms with van der Waals surface area (Å²) in [6.45, 7) is 5.48. The molecule has 0 radical (unpaired) electrons. The van der Waals surface area contributed by atoms with Gasteiger partial charge < -0.3 is 20.2 Å². The molecule has 0 amide bonds. The van der Waals surface area contributed by atoms with Crippen LogP contribution in [-0.4, -0.2) is 38.3 Å². The molecule has 1 fully saturated rings. The average molecular weight is 521 g/mol. The zero-order chi connectivity index (χ0) is 20.2. The minimum Gasteiger partial charge on any atom is -0.361 e. The average Bonchev–Trinajstić information content (AvgIpc) is 3.43. The Morgan fingerprint density at radius 1 is 1.23 bits per heavy atom. The van der Waals surface area contributed by atoms with E-state index in [-0.39, 0.29) is 24.0 Å². The molecule has 1 saturated carbocycles. The predicted octanol–water partition coefficient (Wildman–Crippen LogP) is 3.75. The van der Waals surface area contributed by atoms with E-state index in [9.17, 15) is 0 Å². The molecule has 7 nitrogen and oxygen atoms in total. The first-order valence-corrected chi connectivity index (χ1v) is 10.6. The molecule has 0 spiro atoms. The van der Waals surface area contributed by atoms with Gasteiger partial charge in [-0.25, -0.2) is 4.99 Å². The largest absolute Gasteiger partial charge is 0.361 e. The van der Waals surface area contributed by atoms with Gasteiger partial charge in [0.2, 0.25) is 0 Å². The summed E-state index contributed by atoms with van der Waals surface area (Å²) >= 11 is 0. The van der Waals surface area contributed by atoms with Crippen LogP contribution in [0.3, 0.4) is 0 Å². The Morgan fingerprint density at radius 3 is 2.77 bits per heavy atom. The molecule has 1 aliphatic carbocycles. The first-order valence-electron chi connectivity index (χ1n) is 10.6. The van der Waals surface area contributed by atoms with E-state index in [0.29, 0.717) is 12.6 Å². The van der Waals surface area contributed by atoms with Crippen molar-refractivity contribution >= 4 is 40.8 Å². The highest BCUT2D eigenvalue weighted by Gasteiger charge is 2.16. The van der Waals surface area contributed by atoms with Crippen molar-refractivity contribution in [2.24, 2.45) is 12.0 Å². The summed E-state index contributed by atoms with van der Waals surface area (Å²) in [4.78, 5) is 8.18. The first-order chi connectivity index (χ1) is 14.1. The van der Waals surface area contributed by atoms with Crippen LogP contribution in [0.2, 0.25) is 0 Å². The highest BCUT2D eigenvalue weighted by atomic mass is 127. The second-order valence-electron chi connectivity index (χ2n) is 8.00. The third kappa shape index (κ3) is 5.14. The van der Waals surface area contributed by atoms with Crippen LogP contribution in [-0.2, 0) is 20.0 Å². The zero-order valence-electron chi connectivity index (χ0n) is 18.0. The molecular formula is C22H32IN7. The van der Waals surface area contributed by atoms with E-state index < -0.39 is 0 Å². The van der Waals surface area contributed by atoms with Gasteiger partial charge in [0.15, 0.2) is 11.8 Å². The van der Waals surface area contributed by atoms with Crippen LogP contribution < -0.4 is 10.6 Å². The second kappa shape index (κ2) is 10.3. The van der Waals surface area contributed by atoms with Gasteiger partial charge in [-0.2, -0.15) is 0 Å². The third-order valence-electron chi connectivity index (χ3n) is 5.94. The van der Waals surface area contributed by atoms with Gasteiger partial charge in [0.1, 0.15) is 12.4 Å². The van der Waals surface area contributed by atoms with Gasteiger partial charge in [-0.1, -0.05) is 25.0 Å². The van der Waals surface area contributed by atoms with Crippen LogP contribution in [0.5, 0.6) is 0 Å². The van der Waals surface area contributed by atoms with E-state index >= 15 is 0 Å². The summed E-state index contributed by atoms with van der Waals surface area (Å²) in [7, 11) is 1.98. The molecule has 4 rings (SSSR count). The number of aromatic amines is 1. The predicted molar refractivity (Wildman–Crippen MR) is 132 cm³/mol. The van der Waals surface area contributed by atoms with Crippen molar-refractivity contribution in [3.05, 3.63) is 47.2 Å². The Labute approximate surface area is 195 Å². The lowest BCUT2D eigenvalue weighted by atomic mass is 10.1. The third-order valence-corrected chi connectivity index (χ3v) is 5.94. The van der Waals surface area contributed by atoms with Crippen molar-refractivity contribution in [1.82, 2.24) is 30.4 Å². The molecule has 0 bridgehead atoms. The molecule has 2 heterocycles. The lowest BCUT2D eigenvalue weighted by Crippen LogP contribution is -2.43. The minimum atomic E-state index is 0. The summed E-state index contributed by atoms with van der Waals surface area (Å²) in [5.41, 5.74) is 3.86. The van der Waals surface area contributed by atoms with Crippen LogP contribution in [0, 0.1) is 13.8 Å². The molecule has 1 aromatic carbocycles. The number of nitrogens with one attached hydrogen (secondary N) is 3. The van der Waals surface area contributed by atoms with Gasteiger partial charge in [-0.05, 0) is 50.3 Å². The number of hydrogen-bond donors (Lipinski definition) is 3. The Bertz CT molecular complexity index is 998. The van der Waals surface area contributed by atoms with Gasteiger partial charge in [-0.3, -0.25) is 0 Å². The van der Waals surface area contributed by atoms with Crippen molar-refractivity contribution in [3.63, 3.8) is 0 Å². The Hall–Kier alpha value is -2.10. The maximum atomic E-state index is 4.79. The van der Waals surface area contributed by atoms with E-state index in [1.807, 2.05) is 18.5 Å². The smallest absolute Gasteiger partial charge is 0.191 e. The fraction of sp³-hybridized carbons (Fsp3) is 0.500. The van der Waals surface area contributed by atoms with Crippen molar-refractivity contribution in [1.29, 1.82) is 0 Å². The van der Waals surface area contributed by atoms with Gasteiger partial charge in [0.25, 0.3) is 0 Å². The number of aryl methyl sites for hydroxylation is 2. The van der Waals surface area contributed by atoms with Crippen LogP contribution in [0.4, 0.5) is 0 Å². The molecule has 30 heavy (non-hydrogen) atoms. The van der Waals surface area contributed by atoms with Gasteiger partial charge in [0, 0.05) is 36.7 Å². The Kier molecular flexibility index (Phi) is 7.74. The number of aromatic nitrogens is 4. The number of halogens is 1. The van der Waals surface area contributed by atoms with E-state index in [1.165, 1.54) is 47.7 Å². The first kappa shape index (κ1) is 22.6. The minimum absolute atomic E-state index is 0. The summed E-state index contributed by atoms with van der Waals surface area (Å²) in [5, 5.41) is 16.8. The molecule has 162 valence electrons. The maximum Gasteiger partial charge on any atom is 0.191 e. The molecular weight excluding hydrogens is 489 g/mol. The van der Waals surface area contributed by atoms with E-state index in [1.54, 1.807) is 0 Å². The van der Waals surface area contributed by atoms with Gasteiger partial charge in [-0.15, -0.1) is 34.2 Å². The summed E-state index contributed by atoms with van der Waals surface area (Å²) in [5.74, 6) is 2.65. The van der Waals surface area contributed by atoms with Crippen molar-refractivity contribution < 1.29 is 0 Å². The SMILES string of the molecule is Cc1cccc2[nH]cc(CCNC(=NCc3nnc(C)n3C)NC3CCCC3)c12.I. The van der Waals surface area contributed by atoms with E-state index in [2.05, 4.69) is 57.1 Å². The van der Waals surface area contributed by atoms with Gasteiger partial charge >= 0.3 is 0 Å². The fourth-order valence-corrected chi connectivity index (χ4v) is 4.12. The molecule has 0 atom stereocenters. The van der Waals surface area contributed by atoms with E-state index in [4.69, 9.17) is 4.99 Å². The number of H-pyrrole nitrogens is 1. The van der Waals surface area contributed by atoms with Crippen LogP contribution >= 0.6 is 24.0 Å². The number of fused-ring (bicyclic) bond motifs is 1. The Morgan fingerprint density at radius 2 is 2.03 bits per heavy atom. The monoisotopic (exact) mass is 521 g/mol. The molecule has 8 heteroatoms. The molecule has 0 unspecified atom stereocenters. The van der Waals surface area contributed by atoms with Crippen molar-refractivity contribution in [2.75, 3.05) is 6.54 Å². The second-order valence-corrected chi connectivity index (χ2v) is 8.00. The highest BCUT2D eigenvalue weighted by molar-refractivity contribution is 14.0. The lowest BCUT2D eigenvalue weighted by Gasteiger charge is -2.17. The topological polar surface area (TPSA) is 82.9 Å². The summed E-state index contributed by atoms with van der Waals surface area (Å²) in [6, 6.07) is 6.92. The summed E-state index contributed by atoms with van der Waals surface area (Å²) in [6.07, 6.45) is 8.09. The number of guanidine groups is 1. The van der Waals surface area contributed by atoms with E-state index in [0.717, 1.165) is 30.6 Å². The van der Waals surface area contributed by atoms with Crippen LogP contribution in [0.25, 0.3) is 10.9 Å². The lowest BCUT2D eigenvalue weighted by molar-refractivity contribution is 0.610. The molecule has 3 aromatic rings. The normalized spacial score (nSPS) is 14.8. The van der Waals surface area contributed by atoms with Crippen LogP contribution in [0.1, 0.15) is 48.5 Å². The Balaban J connectivity index is 0.00000256.